The Labute approximate surface area is 473 Å². The SMILES string of the molecule is CC[C@H](C)[C@H](NC(=O)[C@@H]1CCCN1C(=O)[C@@H](NC(=O)[C@@H](NC(=O)[C@H](Cc1cnc[nH]1)NC(=O)[C@H](CC(N)=O)NC(=O)[C@H](CC(=O)O)NC(=O)[C@H](CO)NC(=O)[C@H](CCC(=O)O)NC(=O)[C@@H](N)Cc1ccc(O)cc1)[C@@H](C)O)[C@@H](C)O)C(=O)O. The number of nitrogens with two attached hydrogens (primary N) is 2. The van der Waals surface area contributed by atoms with Gasteiger partial charge in [-0.1, -0.05) is 32.4 Å². The van der Waals surface area contributed by atoms with Crippen molar-refractivity contribution in [1.82, 2.24) is 57.4 Å². The summed E-state index contributed by atoms with van der Waals surface area (Å²) >= 11 is 0. The molecule has 0 unspecified atom stereocenters. The Morgan fingerprint density at radius 3 is 1.71 bits per heavy atom. The Balaban J connectivity index is 1.83. The van der Waals surface area contributed by atoms with Crippen molar-refractivity contribution in [2.75, 3.05) is 13.2 Å². The van der Waals surface area contributed by atoms with Crippen molar-refractivity contribution < 1.29 is 98.1 Å². The lowest BCUT2D eigenvalue weighted by atomic mass is 9.98. The van der Waals surface area contributed by atoms with Gasteiger partial charge in [0.25, 0.3) is 0 Å². The summed E-state index contributed by atoms with van der Waals surface area (Å²) in [5.41, 5.74) is 12.0. The second-order valence-corrected chi connectivity index (χ2v) is 19.8. The molecule has 20 N–H and O–H groups in total. The van der Waals surface area contributed by atoms with Crippen molar-refractivity contribution in [3.8, 4) is 5.75 Å². The number of aromatic amines is 1. The number of benzene rings is 1. The number of aromatic nitrogens is 2. The van der Waals surface area contributed by atoms with Gasteiger partial charge in [-0.25, -0.2) is 9.78 Å². The average molecular weight is 1180 g/mol. The predicted molar refractivity (Wildman–Crippen MR) is 283 cm³/mol. The average Bonchev–Trinajstić information content (AvgIpc) is 4.32. The fourth-order valence-electron chi connectivity index (χ4n) is 8.40. The lowest BCUT2D eigenvalue weighted by Crippen LogP contribution is -2.63. The van der Waals surface area contributed by atoms with E-state index in [-0.39, 0.29) is 37.3 Å². The van der Waals surface area contributed by atoms with Crippen molar-refractivity contribution in [3.63, 3.8) is 0 Å². The summed E-state index contributed by atoms with van der Waals surface area (Å²) in [6.07, 6.45) is -4.42. The van der Waals surface area contributed by atoms with Gasteiger partial charge in [-0.2, -0.15) is 0 Å². The summed E-state index contributed by atoms with van der Waals surface area (Å²) < 4.78 is 0. The number of hydrogen-bond donors (Lipinski definition) is 18. The Kier molecular flexibility index (Phi) is 26.9. The smallest absolute Gasteiger partial charge is 0.326 e. The number of rotatable bonds is 34. The number of primary amides is 1. The minimum Gasteiger partial charge on any atom is -0.508 e. The summed E-state index contributed by atoms with van der Waals surface area (Å²) in [5, 5.41) is 87.6. The van der Waals surface area contributed by atoms with Crippen LogP contribution in [-0.2, 0) is 75.2 Å². The first kappa shape index (κ1) is 68.5. The Morgan fingerprint density at radius 1 is 0.663 bits per heavy atom. The van der Waals surface area contributed by atoms with Crippen LogP contribution in [0.5, 0.6) is 5.75 Å². The van der Waals surface area contributed by atoms with Crippen LogP contribution in [0, 0.1) is 5.92 Å². The lowest BCUT2D eigenvalue weighted by Gasteiger charge is -2.32. The quantitative estimate of drug-likeness (QED) is 0.0310. The van der Waals surface area contributed by atoms with E-state index in [0.717, 1.165) is 18.7 Å². The van der Waals surface area contributed by atoms with Gasteiger partial charge in [0.2, 0.25) is 59.1 Å². The second-order valence-electron chi connectivity index (χ2n) is 19.8. The zero-order valence-corrected chi connectivity index (χ0v) is 45.7. The Morgan fingerprint density at radius 2 is 1.19 bits per heavy atom. The van der Waals surface area contributed by atoms with E-state index in [1.807, 2.05) is 5.32 Å². The minimum absolute atomic E-state index is 0.0382. The highest BCUT2D eigenvalue weighted by Gasteiger charge is 2.43. The third kappa shape index (κ3) is 21.5. The summed E-state index contributed by atoms with van der Waals surface area (Å²) in [6, 6.07) is -11.8. The van der Waals surface area contributed by atoms with Crippen LogP contribution in [0.2, 0.25) is 0 Å². The molecule has 1 fully saturated rings. The number of aliphatic hydroxyl groups is 3. The first-order valence-electron chi connectivity index (χ1n) is 26.1. The molecular formula is C50H73N13O20. The van der Waals surface area contributed by atoms with Gasteiger partial charge < -0.3 is 99.6 Å². The second kappa shape index (κ2) is 32.6. The molecular weight excluding hydrogens is 1100 g/mol. The third-order valence-electron chi connectivity index (χ3n) is 13.2. The molecule has 83 heavy (non-hydrogen) atoms. The first-order chi connectivity index (χ1) is 39.0. The number of carbonyl (C=O) groups excluding carboxylic acids is 10. The van der Waals surface area contributed by atoms with Gasteiger partial charge in [-0.3, -0.25) is 57.5 Å². The first-order valence-corrected chi connectivity index (χ1v) is 26.1. The molecule has 33 heteroatoms. The molecule has 2 heterocycles. The topological polar surface area (TPSA) is 544 Å². The van der Waals surface area contributed by atoms with Gasteiger partial charge in [-0.15, -0.1) is 0 Å². The van der Waals surface area contributed by atoms with Crippen LogP contribution >= 0.6 is 0 Å². The number of nitrogens with zero attached hydrogens (tertiary/aromatic N) is 2. The van der Waals surface area contributed by atoms with Crippen LogP contribution in [0.15, 0.2) is 36.8 Å². The van der Waals surface area contributed by atoms with Crippen molar-refractivity contribution in [1.29, 1.82) is 0 Å². The third-order valence-corrected chi connectivity index (χ3v) is 13.2. The molecule has 33 nitrogen and oxygen atoms in total. The van der Waals surface area contributed by atoms with Crippen LogP contribution in [0.4, 0.5) is 0 Å². The maximum atomic E-state index is 14.1. The van der Waals surface area contributed by atoms with Crippen molar-refractivity contribution in [2.45, 2.75) is 158 Å². The number of H-pyrrole nitrogens is 1. The normalized spacial score (nSPS) is 17.3. The molecule has 0 bridgehead atoms. The molecule has 0 spiro atoms. The number of carboxylic acid groups (broad SMARTS) is 3. The number of amides is 10. The van der Waals surface area contributed by atoms with E-state index in [0.29, 0.717) is 12.0 Å². The van der Waals surface area contributed by atoms with Gasteiger partial charge >= 0.3 is 17.9 Å². The monoisotopic (exact) mass is 1180 g/mol. The number of aliphatic hydroxyl groups excluding tert-OH is 3. The van der Waals surface area contributed by atoms with E-state index in [9.17, 15) is 98.1 Å². The van der Waals surface area contributed by atoms with Crippen LogP contribution in [-0.4, -0.2) is 213 Å². The van der Waals surface area contributed by atoms with Gasteiger partial charge in [0.05, 0.1) is 44.0 Å². The van der Waals surface area contributed by atoms with Crippen LogP contribution in [0.25, 0.3) is 0 Å². The van der Waals surface area contributed by atoms with Crippen LogP contribution in [0.1, 0.15) is 83.9 Å². The number of carboxylic acids is 3. The van der Waals surface area contributed by atoms with E-state index in [2.05, 4.69) is 47.2 Å². The molecule has 13 atom stereocenters. The molecule has 10 amide bonds. The largest absolute Gasteiger partial charge is 0.508 e. The van der Waals surface area contributed by atoms with Crippen molar-refractivity contribution in [2.24, 2.45) is 17.4 Å². The van der Waals surface area contributed by atoms with E-state index < -0.39 is 194 Å². The number of phenols is 1. The molecule has 458 valence electrons. The van der Waals surface area contributed by atoms with Gasteiger partial charge in [-0.05, 0) is 63.1 Å². The predicted octanol–water partition coefficient (Wildman–Crippen LogP) is -6.80. The summed E-state index contributed by atoms with van der Waals surface area (Å²) in [6.45, 7) is 4.24. The number of imidazole rings is 1. The molecule has 1 aliphatic heterocycles. The Bertz CT molecular complexity index is 2640. The molecule has 1 aliphatic rings. The highest BCUT2D eigenvalue weighted by atomic mass is 16.4. The summed E-state index contributed by atoms with van der Waals surface area (Å²) in [4.78, 5) is 178. The van der Waals surface area contributed by atoms with Gasteiger partial charge in [0, 0.05) is 31.3 Å². The van der Waals surface area contributed by atoms with Crippen LogP contribution in [0.3, 0.4) is 0 Å². The number of likely N-dealkylation sites (tertiary alicyclic amines) is 1. The van der Waals surface area contributed by atoms with E-state index in [4.69, 9.17) is 11.5 Å². The summed E-state index contributed by atoms with van der Waals surface area (Å²) in [5.74, 6) is -17.0. The molecule has 1 aromatic heterocycles. The van der Waals surface area contributed by atoms with Crippen LogP contribution < -0.4 is 54.0 Å². The van der Waals surface area contributed by atoms with E-state index >= 15 is 0 Å². The highest BCUT2D eigenvalue weighted by Crippen LogP contribution is 2.21. The zero-order valence-electron chi connectivity index (χ0n) is 45.7. The number of carbonyl (C=O) groups is 13. The number of aromatic hydroxyl groups is 1. The Hall–Kier alpha value is -8.82. The molecule has 0 aliphatic carbocycles. The molecule has 2 aromatic rings. The fraction of sp³-hybridized carbons (Fsp3) is 0.560. The molecule has 1 aromatic carbocycles. The van der Waals surface area contributed by atoms with Crippen molar-refractivity contribution in [3.05, 3.63) is 48.0 Å². The maximum absolute atomic E-state index is 14.1. The van der Waals surface area contributed by atoms with E-state index in [1.165, 1.54) is 36.8 Å². The van der Waals surface area contributed by atoms with Gasteiger partial charge in [0.1, 0.15) is 60.1 Å². The zero-order chi connectivity index (χ0) is 62.4. The molecule has 0 saturated carbocycles. The maximum Gasteiger partial charge on any atom is 0.326 e. The number of phenolic OH excluding ortho intramolecular Hbond substituents is 1. The number of hydrogen-bond acceptors (Lipinski definition) is 19. The fourth-order valence-corrected chi connectivity index (χ4v) is 8.40. The molecule has 0 radical (unpaired) electrons. The molecule has 3 rings (SSSR count). The lowest BCUT2D eigenvalue weighted by molar-refractivity contribution is -0.147. The number of aliphatic carboxylic acids is 3. The number of nitrogens with one attached hydrogen (secondary N) is 9. The standard InChI is InChI=1S/C50H73N13O20/c1-5-22(2)38(50(82)83)60-47(79)34-7-6-14-63(34)49(81)40(24(4)66)62-48(80)39(23(3)65)61-45(77)30(16-26-19-53-21-54-26)56-43(75)31(17-35(52)68)57-44(76)32(18-37(71)72)58-46(78)33(20-64)59-42(74)29(12-13-36(69)70)55-41(73)28(51)15-25-8-10-27(67)11-9-25/h8-11,19,21-24,28-34,38-40,64-67H,5-7,12-18,20,51H2,1-4H3,(H2,52,68)(H,53,54)(H,55,73)(H,56,75)(H,57,76)(H,58,78)(H,59,74)(H,60,79)(H,61,77)(H,62,80)(H,69,70)(H,71,72)(H,82,83)/t22-,23+,24+,28-,29-,30-,31-,32-,33-,34-,38-,39-,40-/m0/s1. The van der Waals surface area contributed by atoms with Crippen molar-refractivity contribution >= 4 is 77.0 Å². The van der Waals surface area contributed by atoms with E-state index in [1.54, 1.807) is 13.8 Å². The van der Waals surface area contributed by atoms with Gasteiger partial charge in [0.15, 0.2) is 0 Å². The molecule has 1 saturated heterocycles. The minimum atomic E-state index is -2.17. The highest BCUT2D eigenvalue weighted by molar-refractivity contribution is 6.00. The summed E-state index contributed by atoms with van der Waals surface area (Å²) in [7, 11) is 0.